The Morgan fingerprint density at radius 3 is 3.16 bits per heavy atom. The minimum atomic E-state index is -0.370. The van der Waals surface area contributed by atoms with Crippen molar-refractivity contribution in [3.63, 3.8) is 0 Å². The SMILES string of the molecule is O=C(NCc1ccco1)C1CCCN1C(=O)C1CCc2cn[nH]c2C1. The third-order valence-corrected chi connectivity index (χ3v) is 5.22. The van der Waals surface area contributed by atoms with E-state index in [2.05, 4.69) is 15.5 Å². The van der Waals surface area contributed by atoms with Crippen LogP contribution in [0.1, 0.15) is 36.3 Å². The first-order chi connectivity index (χ1) is 12.2. The number of carbonyl (C=O) groups excluding carboxylic acids is 2. The van der Waals surface area contributed by atoms with Gasteiger partial charge >= 0.3 is 0 Å². The summed E-state index contributed by atoms with van der Waals surface area (Å²) in [5, 5.41) is 9.94. The predicted octanol–water partition coefficient (Wildman–Crippen LogP) is 1.41. The first-order valence-corrected chi connectivity index (χ1v) is 8.84. The first-order valence-electron chi connectivity index (χ1n) is 8.84. The fourth-order valence-electron chi connectivity index (χ4n) is 3.86. The zero-order valence-electron chi connectivity index (χ0n) is 14.0. The second-order valence-electron chi connectivity index (χ2n) is 6.80. The summed E-state index contributed by atoms with van der Waals surface area (Å²) in [7, 11) is 0. The number of aromatic amines is 1. The summed E-state index contributed by atoms with van der Waals surface area (Å²) in [4.78, 5) is 27.3. The lowest BCUT2D eigenvalue weighted by molar-refractivity contribution is -0.142. The topological polar surface area (TPSA) is 91.2 Å². The summed E-state index contributed by atoms with van der Waals surface area (Å²) in [5.41, 5.74) is 2.26. The molecule has 2 aromatic heterocycles. The zero-order valence-corrected chi connectivity index (χ0v) is 14.0. The molecule has 0 aromatic carbocycles. The normalized spacial score (nSPS) is 22.6. The van der Waals surface area contributed by atoms with E-state index in [4.69, 9.17) is 4.42 Å². The quantitative estimate of drug-likeness (QED) is 0.879. The van der Waals surface area contributed by atoms with Crippen LogP contribution in [0.2, 0.25) is 0 Å². The van der Waals surface area contributed by atoms with Crippen molar-refractivity contribution in [3.05, 3.63) is 41.6 Å². The molecule has 0 spiro atoms. The van der Waals surface area contributed by atoms with Gasteiger partial charge in [0, 0.05) is 24.6 Å². The van der Waals surface area contributed by atoms with Crippen molar-refractivity contribution in [3.8, 4) is 0 Å². The number of likely N-dealkylation sites (tertiary alicyclic amines) is 1. The third-order valence-electron chi connectivity index (χ3n) is 5.22. The third kappa shape index (κ3) is 3.18. The van der Waals surface area contributed by atoms with Crippen molar-refractivity contribution >= 4 is 11.8 Å². The number of furan rings is 1. The van der Waals surface area contributed by atoms with Gasteiger partial charge in [0.2, 0.25) is 11.8 Å². The molecule has 2 amide bonds. The van der Waals surface area contributed by atoms with E-state index >= 15 is 0 Å². The number of nitrogens with zero attached hydrogens (tertiary/aromatic N) is 2. The van der Waals surface area contributed by atoms with Crippen LogP contribution in [0.4, 0.5) is 0 Å². The highest BCUT2D eigenvalue weighted by Gasteiger charge is 2.38. The Bertz CT molecular complexity index is 752. The van der Waals surface area contributed by atoms with Crippen molar-refractivity contribution in [2.24, 2.45) is 5.92 Å². The Labute approximate surface area is 145 Å². The molecule has 132 valence electrons. The number of nitrogens with one attached hydrogen (secondary N) is 2. The number of aryl methyl sites for hydroxylation is 1. The van der Waals surface area contributed by atoms with Crippen LogP contribution >= 0.6 is 0 Å². The molecule has 1 aliphatic heterocycles. The number of hydrogen-bond acceptors (Lipinski definition) is 4. The summed E-state index contributed by atoms with van der Waals surface area (Å²) in [5.74, 6) is 0.644. The molecule has 0 radical (unpaired) electrons. The van der Waals surface area contributed by atoms with E-state index in [1.807, 2.05) is 12.3 Å². The number of fused-ring (bicyclic) bond motifs is 1. The minimum absolute atomic E-state index is 0.0635. The molecule has 25 heavy (non-hydrogen) atoms. The summed E-state index contributed by atoms with van der Waals surface area (Å²) >= 11 is 0. The summed E-state index contributed by atoms with van der Waals surface area (Å²) in [6.07, 6.45) is 7.39. The number of H-pyrrole nitrogens is 1. The van der Waals surface area contributed by atoms with E-state index in [0.717, 1.165) is 31.4 Å². The highest BCUT2D eigenvalue weighted by Crippen LogP contribution is 2.28. The Hall–Kier alpha value is -2.57. The maximum atomic E-state index is 13.0. The molecule has 2 aliphatic rings. The fourth-order valence-corrected chi connectivity index (χ4v) is 3.86. The van der Waals surface area contributed by atoms with Gasteiger partial charge in [0.25, 0.3) is 0 Å². The van der Waals surface area contributed by atoms with Gasteiger partial charge in [-0.2, -0.15) is 5.10 Å². The molecule has 7 heteroatoms. The van der Waals surface area contributed by atoms with Gasteiger partial charge in [-0.1, -0.05) is 0 Å². The molecule has 4 rings (SSSR count). The van der Waals surface area contributed by atoms with E-state index in [9.17, 15) is 9.59 Å². The Balaban J connectivity index is 1.39. The van der Waals surface area contributed by atoms with Gasteiger partial charge in [0.1, 0.15) is 11.8 Å². The van der Waals surface area contributed by atoms with Gasteiger partial charge in [0.15, 0.2) is 0 Å². The zero-order chi connectivity index (χ0) is 17.2. The molecule has 7 nitrogen and oxygen atoms in total. The van der Waals surface area contributed by atoms with Gasteiger partial charge in [-0.15, -0.1) is 0 Å². The average Bonchev–Trinajstić information content (AvgIpc) is 3.39. The van der Waals surface area contributed by atoms with E-state index in [0.29, 0.717) is 25.3 Å². The number of carbonyl (C=O) groups is 2. The molecule has 2 aromatic rings. The highest BCUT2D eigenvalue weighted by atomic mass is 16.3. The maximum absolute atomic E-state index is 13.0. The standard InChI is InChI=1S/C18H22N4O3/c23-17(19-11-14-3-2-8-25-14)16-4-1-7-22(16)18(24)12-5-6-13-10-20-21-15(13)9-12/h2-3,8,10,12,16H,1,4-7,9,11H2,(H,19,23)(H,20,21). The molecular formula is C18H22N4O3. The van der Waals surface area contributed by atoms with E-state index in [1.54, 1.807) is 17.2 Å². The van der Waals surface area contributed by atoms with E-state index in [-0.39, 0.29) is 23.8 Å². The van der Waals surface area contributed by atoms with Crippen LogP contribution in [0.5, 0.6) is 0 Å². The molecule has 2 atom stereocenters. The maximum Gasteiger partial charge on any atom is 0.243 e. The van der Waals surface area contributed by atoms with E-state index < -0.39 is 0 Å². The Morgan fingerprint density at radius 1 is 1.40 bits per heavy atom. The molecule has 1 saturated heterocycles. The Kier molecular flexibility index (Phi) is 4.29. The molecule has 0 saturated carbocycles. The predicted molar refractivity (Wildman–Crippen MR) is 89.4 cm³/mol. The van der Waals surface area contributed by atoms with Crippen molar-refractivity contribution < 1.29 is 14.0 Å². The summed E-state index contributed by atoms with van der Waals surface area (Å²) < 4.78 is 5.24. The smallest absolute Gasteiger partial charge is 0.243 e. The molecule has 2 N–H and O–H groups in total. The second-order valence-corrected chi connectivity index (χ2v) is 6.80. The monoisotopic (exact) mass is 342 g/mol. The van der Waals surface area contributed by atoms with Crippen LogP contribution < -0.4 is 5.32 Å². The summed E-state index contributed by atoms with van der Waals surface area (Å²) in [6.45, 7) is 1.01. The van der Waals surface area contributed by atoms with Crippen LogP contribution in [0.3, 0.4) is 0 Å². The lowest BCUT2D eigenvalue weighted by Gasteiger charge is -2.29. The van der Waals surface area contributed by atoms with Crippen molar-refractivity contribution in [2.75, 3.05) is 6.54 Å². The van der Waals surface area contributed by atoms with Gasteiger partial charge in [0.05, 0.1) is 19.0 Å². The Morgan fingerprint density at radius 2 is 2.32 bits per heavy atom. The first kappa shape index (κ1) is 15.9. The molecule has 3 heterocycles. The fraction of sp³-hybridized carbons (Fsp3) is 0.500. The van der Waals surface area contributed by atoms with Crippen LogP contribution in [-0.2, 0) is 29.0 Å². The van der Waals surface area contributed by atoms with Gasteiger partial charge in [-0.3, -0.25) is 14.7 Å². The second kappa shape index (κ2) is 6.74. The highest BCUT2D eigenvalue weighted by molar-refractivity contribution is 5.89. The van der Waals surface area contributed by atoms with Crippen molar-refractivity contribution in [1.29, 1.82) is 0 Å². The lowest BCUT2D eigenvalue weighted by atomic mass is 9.87. The molecule has 1 aliphatic carbocycles. The van der Waals surface area contributed by atoms with Gasteiger partial charge in [-0.05, 0) is 43.4 Å². The molecule has 2 unspecified atom stereocenters. The van der Waals surface area contributed by atoms with Gasteiger partial charge < -0.3 is 14.6 Å². The lowest BCUT2D eigenvalue weighted by Crippen LogP contribution is -2.48. The number of amides is 2. The van der Waals surface area contributed by atoms with Crippen LogP contribution in [0.15, 0.2) is 29.0 Å². The largest absolute Gasteiger partial charge is 0.467 e. The van der Waals surface area contributed by atoms with Crippen molar-refractivity contribution in [2.45, 2.75) is 44.7 Å². The number of aromatic nitrogens is 2. The average molecular weight is 342 g/mol. The van der Waals surface area contributed by atoms with Crippen LogP contribution in [-0.4, -0.2) is 39.5 Å². The number of hydrogen-bond donors (Lipinski definition) is 2. The van der Waals surface area contributed by atoms with E-state index in [1.165, 1.54) is 5.56 Å². The molecule has 0 bridgehead atoms. The summed E-state index contributed by atoms with van der Waals surface area (Å²) in [6, 6.07) is 3.24. The van der Waals surface area contributed by atoms with Gasteiger partial charge in [-0.25, -0.2) is 0 Å². The van der Waals surface area contributed by atoms with Crippen LogP contribution in [0.25, 0.3) is 0 Å². The minimum Gasteiger partial charge on any atom is -0.467 e. The number of rotatable bonds is 4. The molecule has 1 fully saturated rings. The van der Waals surface area contributed by atoms with Crippen molar-refractivity contribution in [1.82, 2.24) is 20.4 Å². The van der Waals surface area contributed by atoms with Crippen LogP contribution in [0, 0.1) is 5.92 Å². The molecular weight excluding hydrogens is 320 g/mol.